The topological polar surface area (TPSA) is 59.9 Å². The van der Waals surface area contributed by atoms with E-state index in [1.807, 2.05) is 31.2 Å². The van der Waals surface area contributed by atoms with Gasteiger partial charge in [-0.2, -0.15) is 5.10 Å². The second kappa shape index (κ2) is 9.03. The van der Waals surface area contributed by atoms with E-state index in [4.69, 9.17) is 9.47 Å². The predicted molar refractivity (Wildman–Crippen MR) is 103 cm³/mol. The number of rotatable bonds is 7. The van der Waals surface area contributed by atoms with Crippen LogP contribution in [0.3, 0.4) is 0 Å². The van der Waals surface area contributed by atoms with Crippen molar-refractivity contribution in [3.8, 4) is 11.5 Å². The zero-order valence-corrected chi connectivity index (χ0v) is 15.7. The van der Waals surface area contributed by atoms with E-state index in [0.717, 1.165) is 15.6 Å². The third kappa shape index (κ3) is 4.93. The molecule has 0 saturated carbocycles. The van der Waals surface area contributed by atoms with Crippen LogP contribution in [-0.2, 0) is 0 Å². The van der Waals surface area contributed by atoms with E-state index in [9.17, 15) is 4.79 Å². The third-order valence-electron chi connectivity index (χ3n) is 3.37. The van der Waals surface area contributed by atoms with Crippen molar-refractivity contribution in [3.63, 3.8) is 0 Å². The number of hydrogen-bond donors (Lipinski definition) is 1. The molecule has 2 aromatic rings. The quantitative estimate of drug-likeness (QED) is 0.430. The number of amides is 1. The fraction of sp³-hybridized carbons (Fsp3) is 0.158. The number of halogens is 1. The molecule has 0 aliphatic heterocycles. The van der Waals surface area contributed by atoms with Crippen molar-refractivity contribution in [3.05, 3.63) is 70.2 Å². The first-order valence-electron chi connectivity index (χ1n) is 7.57. The van der Waals surface area contributed by atoms with Crippen LogP contribution in [0.5, 0.6) is 11.5 Å². The van der Waals surface area contributed by atoms with Crippen LogP contribution in [0.4, 0.5) is 0 Å². The van der Waals surface area contributed by atoms with Gasteiger partial charge in [0.2, 0.25) is 0 Å². The van der Waals surface area contributed by atoms with Crippen molar-refractivity contribution < 1.29 is 14.3 Å². The summed E-state index contributed by atoms with van der Waals surface area (Å²) in [5.74, 6) is 0.887. The van der Waals surface area contributed by atoms with Gasteiger partial charge in [0.05, 0.1) is 17.8 Å². The number of aryl methyl sites for hydroxylation is 1. The van der Waals surface area contributed by atoms with E-state index < -0.39 is 0 Å². The summed E-state index contributed by atoms with van der Waals surface area (Å²) >= 11 is 3.45. The molecular weight excluding hydrogens is 384 g/mol. The molecule has 2 aromatic carbocycles. The molecule has 0 bridgehead atoms. The van der Waals surface area contributed by atoms with Gasteiger partial charge in [-0.1, -0.05) is 30.9 Å². The molecule has 0 atom stereocenters. The highest BCUT2D eigenvalue weighted by molar-refractivity contribution is 9.10. The van der Waals surface area contributed by atoms with Crippen molar-refractivity contribution in [1.82, 2.24) is 5.43 Å². The Labute approximate surface area is 155 Å². The molecule has 5 nitrogen and oxygen atoms in total. The average molecular weight is 403 g/mol. The summed E-state index contributed by atoms with van der Waals surface area (Å²) in [5, 5.41) is 4.01. The number of carbonyl (C=O) groups excluding carboxylic acids is 1. The van der Waals surface area contributed by atoms with E-state index in [1.54, 1.807) is 31.5 Å². The van der Waals surface area contributed by atoms with Crippen LogP contribution in [0.15, 0.2) is 58.6 Å². The minimum Gasteiger partial charge on any atom is -0.493 e. The number of hydrazone groups is 1. The first-order valence-corrected chi connectivity index (χ1v) is 8.36. The normalized spacial score (nSPS) is 10.5. The largest absolute Gasteiger partial charge is 0.493 e. The second-order valence-corrected chi connectivity index (χ2v) is 6.00. The van der Waals surface area contributed by atoms with E-state index in [1.165, 1.54) is 0 Å². The molecule has 0 radical (unpaired) electrons. The molecule has 130 valence electrons. The molecule has 0 aliphatic carbocycles. The number of benzene rings is 2. The van der Waals surface area contributed by atoms with Gasteiger partial charge in [-0.25, -0.2) is 5.43 Å². The number of ether oxygens (including phenoxy) is 2. The van der Waals surface area contributed by atoms with Crippen LogP contribution >= 0.6 is 15.9 Å². The maximum Gasteiger partial charge on any atom is 0.271 e. The molecule has 0 unspecified atom stereocenters. The van der Waals surface area contributed by atoms with Crippen molar-refractivity contribution in [2.75, 3.05) is 13.7 Å². The lowest BCUT2D eigenvalue weighted by atomic mass is 10.1. The Morgan fingerprint density at radius 2 is 2.12 bits per heavy atom. The molecule has 1 amide bonds. The second-order valence-electron chi connectivity index (χ2n) is 5.15. The Hall–Kier alpha value is -2.60. The van der Waals surface area contributed by atoms with Gasteiger partial charge in [0.15, 0.2) is 11.5 Å². The molecule has 0 aromatic heterocycles. The van der Waals surface area contributed by atoms with Gasteiger partial charge in [-0.3, -0.25) is 4.79 Å². The number of hydrogen-bond acceptors (Lipinski definition) is 4. The Balaban J connectivity index is 2.13. The van der Waals surface area contributed by atoms with Crippen LogP contribution in [0.1, 0.15) is 21.5 Å². The molecule has 6 heteroatoms. The van der Waals surface area contributed by atoms with E-state index >= 15 is 0 Å². The average Bonchev–Trinajstić information content (AvgIpc) is 2.60. The number of methoxy groups -OCH3 is 1. The molecule has 0 fully saturated rings. The van der Waals surface area contributed by atoms with Gasteiger partial charge < -0.3 is 9.47 Å². The maximum atomic E-state index is 12.1. The van der Waals surface area contributed by atoms with Crippen LogP contribution in [0, 0.1) is 6.92 Å². The van der Waals surface area contributed by atoms with Gasteiger partial charge in [-0.15, -0.1) is 0 Å². The third-order valence-corrected chi connectivity index (χ3v) is 3.96. The highest BCUT2D eigenvalue weighted by atomic mass is 79.9. The Morgan fingerprint density at radius 1 is 1.36 bits per heavy atom. The lowest BCUT2D eigenvalue weighted by molar-refractivity contribution is 0.0954. The first kappa shape index (κ1) is 18.7. The lowest BCUT2D eigenvalue weighted by Gasteiger charge is -2.12. The first-order chi connectivity index (χ1) is 12.1. The standard InChI is InChI=1S/C19H19BrN2O3/c1-4-9-25-18-16(20)10-14(11-17(18)24-3)12-21-22-19(23)15-8-6-5-7-13(15)2/h4-8,10-12H,1,9H2,2-3H3,(H,22,23). The summed E-state index contributed by atoms with van der Waals surface area (Å²) in [7, 11) is 1.56. The van der Waals surface area contributed by atoms with Crippen LogP contribution in [0.25, 0.3) is 0 Å². The summed E-state index contributed by atoms with van der Waals surface area (Å²) < 4.78 is 11.6. The van der Waals surface area contributed by atoms with Gasteiger partial charge in [0, 0.05) is 5.56 Å². The van der Waals surface area contributed by atoms with Gasteiger partial charge in [0.25, 0.3) is 5.91 Å². The number of nitrogens with one attached hydrogen (secondary N) is 1. The SMILES string of the molecule is C=CCOc1c(Br)cc(C=NNC(=O)c2ccccc2C)cc1OC. The fourth-order valence-corrected chi connectivity index (χ4v) is 2.72. The maximum absolute atomic E-state index is 12.1. The van der Waals surface area contributed by atoms with Gasteiger partial charge >= 0.3 is 0 Å². The summed E-state index contributed by atoms with van der Waals surface area (Å²) in [6, 6.07) is 10.9. The predicted octanol–water partition coefficient (Wildman–Crippen LogP) is 4.09. The molecule has 25 heavy (non-hydrogen) atoms. The molecule has 0 aliphatic rings. The minimum atomic E-state index is -0.258. The Morgan fingerprint density at radius 3 is 2.80 bits per heavy atom. The lowest BCUT2D eigenvalue weighted by Crippen LogP contribution is -2.18. The minimum absolute atomic E-state index is 0.258. The van der Waals surface area contributed by atoms with E-state index in [0.29, 0.717) is 23.7 Å². The summed E-state index contributed by atoms with van der Waals surface area (Å²) in [6.45, 7) is 5.87. The van der Waals surface area contributed by atoms with E-state index in [-0.39, 0.29) is 5.91 Å². The molecular formula is C19H19BrN2O3. The van der Waals surface area contributed by atoms with Crippen LogP contribution in [0.2, 0.25) is 0 Å². The summed E-state index contributed by atoms with van der Waals surface area (Å²) in [4.78, 5) is 12.1. The summed E-state index contributed by atoms with van der Waals surface area (Å²) in [6.07, 6.45) is 3.20. The zero-order chi connectivity index (χ0) is 18.2. The highest BCUT2D eigenvalue weighted by Gasteiger charge is 2.11. The molecule has 1 N–H and O–H groups in total. The van der Waals surface area contributed by atoms with Crippen molar-refractivity contribution >= 4 is 28.1 Å². The Kier molecular flexibility index (Phi) is 6.77. The zero-order valence-electron chi connectivity index (χ0n) is 14.1. The number of carbonyl (C=O) groups is 1. The number of nitrogens with zero attached hydrogens (tertiary/aromatic N) is 1. The van der Waals surface area contributed by atoms with Crippen LogP contribution in [-0.4, -0.2) is 25.8 Å². The highest BCUT2D eigenvalue weighted by Crippen LogP contribution is 2.36. The summed E-state index contributed by atoms with van der Waals surface area (Å²) in [5.41, 5.74) is 4.76. The van der Waals surface area contributed by atoms with Gasteiger partial charge in [0.1, 0.15) is 6.61 Å². The molecule has 0 saturated heterocycles. The van der Waals surface area contributed by atoms with Crippen LogP contribution < -0.4 is 14.9 Å². The van der Waals surface area contributed by atoms with Crippen molar-refractivity contribution in [2.24, 2.45) is 5.10 Å². The van der Waals surface area contributed by atoms with Crippen molar-refractivity contribution in [1.29, 1.82) is 0 Å². The smallest absolute Gasteiger partial charge is 0.271 e. The molecule has 0 heterocycles. The molecule has 2 rings (SSSR count). The van der Waals surface area contributed by atoms with E-state index in [2.05, 4.69) is 33.0 Å². The fourth-order valence-electron chi connectivity index (χ4n) is 2.15. The molecule has 0 spiro atoms. The Bertz CT molecular complexity index is 803. The van der Waals surface area contributed by atoms with Gasteiger partial charge in [-0.05, 0) is 52.2 Å². The monoisotopic (exact) mass is 402 g/mol. The van der Waals surface area contributed by atoms with Crippen molar-refractivity contribution in [2.45, 2.75) is 6.92 Å².